The summed E-state index contributed by atoms with van der Waals surface area (Å²) in [7, 11) is 0. The molecule has 0 aliphatic carbocycles. The molecule has 0 atom stereocenters. The van der Waals surface area contributed by atoms with E-state index >= 15 is 0 Å². The van der Waals surface area contributed by atoms with E-state index < -0.39 is 5.91 Å². The molecule has 7 nitrogen and oxygen atoms in total. The number of aryl methyl sites for hydroxylation is 1. The zero-order valence-corrected chi connectivity index (χ0v) is 14.8. The van der Waals surface area contributed by atoms with Gasteiger partial charge in [0.15, 0.2) is 0 Å². The highest BCUT2D eigenvalue weighted by Gasteiger charge is 2.21. The van der Waals surface area contributed by atoms with Gasteiger partial charge in [-0.2, -0.15) is 5.10 Å². The minimum absolute atomic E-state index is 0.175. The van der Waals surface area contributed by atoms with Gasteiger partial charge in [0.05, 0.1) is 36.3 Å². The van der Waals surface area contributed by atoms with Gasteiger partial charge in [0.2, 0.25) is 5.91 Å². The van der Waals surface area contributed by atoms with E-state index in [1.807, 2.05) is 30.3 Å². The number of amides is 2. The van der Waals surface area contributed by atoms with E-state index in [1.54, 1.807) is 19.1 Å². The molecule has 1 aromatic carbocycles. The predicted octanol–water partition coefficient (Wildman–Crippen LogP) is 2.47. The molecular formula is C18H17ClN4O3. The Balaban J connectivity index is 1.63. The number of halogens is 1. The first-order valence-corrected chi connectivity index (χ1v) is 8.32. The number of carbonyl (C=O) groups excluding carboxylic acids is 2. The molecule has 0 radical (unpaired) electrons. The van der Waals surface area contributed by atoms with Gasteiger partial charge in [-0.05, 0) is 31.2 Å². The quantitative estimate of drug-likeness (QED) is 0.695. The standard InChI is InChI=1S/C18H17ClN4O3/c1-12-16(17(19)23(22-12)13-6-3-2-4-7-13)18(25)21-11-15(24)20-10-14-8-5-9-26-14/h2-9H,10-11H2,1H3,(H,20,24)(H,21,25). The van der Waals surface area contributed by atoms with Gasteiger partial charge >= 0.3 is 0 Å². The van der Waals surface area contributed by atoms with Crippen molar-refractivity contribution in [3.63, 3.8) is 0 Å². The van der Waals surface area contributed by atoms with Crippen molar-refractivity contribution in [2.45, 2.75) is 13.5 Å². The molecule has 3 aromatic rings. The molecule has 0 saturated heterocycles. The topological polar surface area (TPSA) is 89.2 Å². The number of nitrogens with one attached hydrogen (secondary N) is 2. The Morgan fingerprint density at radius 1 is 1.15 bits per heavy atom. The average molecular weight is 373 g/mol. The maximum Gasteiger partial charge on any atom is 0.256 e. The fourth-order valence-electron chi connectivity index (χ4n) is 2.41. The molecule has 26 heavy (non-hydrogen) atoms. The second-order valence-corrected chi connectivity index (χ2v) is 5.90. The molecule has 0 fully saturated rings. The van der Waals surface area contributed by atoms with Gasteiger partial charge in [0.25, 0.3) is 5.91 Å². The summed E-state index contributed by atoms with van der Waals surface area (Å²) < 4.78 is 6.61. The van der Waals surface area contributed by atoms with Crippen LogP contribution in [0.15, 0.2) is 53.1 Å². The van der Waals surface area contributed by atoms with Crippen molar-refractivity contribution in [1.29, 1.82) is 0 Å². The van der Waals surface area contributed by atoms with Crippen molar-refractivity contribution in [1.82, 2.24) is 20.4 Å². The molecule has 0 spiro atoms. The Hall–Kier alpha value is -3.06. The lowest BCUT2D eigenvalue weighted by atomic mass is 10.2. The van der Waals surface area contributed by atoms with Crippen molar-refractivity contribution in [2.75, 3.05) is 6.54 Å². The summed E-state index contributed by atoms with van der Waals surface area (Å²) in [6.07, 6.45) is 1.53. The minimum atomic E-state index is -0.456. The number of hydrogen-bond acceptors (Lipinski definition) is 4. The zero-order valence-electron chi connectivity index (χ0n) is 14.0. The largest absolute Gasteiger partial charge is 0.467 e. The Morgan fingerprint density at radius 3 is 2.62 bits per heavy atom. The van der Waals surface area contributed by atoms with E-state index in [9.17, 15) is 9.59 Å². The molecule has 0 bridgehead atoms. The van der Waals surface area contributed by atoms with E-state index in [0.717, 1.165) is 5.69 Å². The van der Waals surface area contributed by atoms with Crippen molar-refractivity contribution < 1.29 is 14.0 Å². The third-order valence-electron chi connectivity index (χ3n) is 3.68. The number of para-hydroxylation sites is 1. The smallest absolute Gasteiger partial charge is 0.256 e. The molecule has 0 unspecified atom stereocenters. The molecule has 0 aliphatic heterocycles. The molecule has 0 saturated carbocycles. The molecule has 2 N–H and O–H groups in total. The highest BCUT2D eigenvalue weighted by atomic mass is 35.5. The van der Waals surface area contributed by atoms with Crippen LogP contribution in [-0.2, 0) is 11.3 Å². The molecule has 134 valence electrons. The lowest BCUT2D eigenvalue weighted by molar-refractivity contribution is -0.120. The fourth-order valence-corrected chi connectivity index (χ4v) is 2.77. The van der Waals surface area contributed by atoms with Crippen LogP contribution < -0.4 is 10.6 Å². The van der Waals surface area contributed by atoms with E-state index in [-0.39, 0.29) is 29.7 Å². The van der Waals surface area contributed by atoms with Gasteiger partial charge in [0.1, 0.15) is 10.9 Å². The van der Waals surface area contributed by atoms with Crippen LogP contribution in [0.2, 0.25) is 5.15 Å². The molecule has 2 amide bonds. The summed E-state index contributed by atoms with van der Waals surface area (Å²) in [5, 5.41) is 9.71. The summed E-state index contributed by atoms with van der Waals surface area (Å²) >= 11 is 6.33. The monoisotopic (exact) mass is 372 g/mol. The summed E-state index contributed by atoms with van der Waals surface area (Å²) in [4.78, 5) is 24.3. The maximum atomic E-state index is 12.4. The van der Waals surface area contributed by atoms with Crippen LogP contribution in [0, 0.1) is 6.92 Å². The van der Waals surface area contributed by atoms with E-state index in [0.29, 0.717) is 11.5 Å². The van der Waals surface area contributed by atoms with Crippen LogP contribution in [0.3, 0.4) is 0 Å². The van der Waals surface area contributed by atoms with Gasteiger partial charge in [0, 0.05) is 0 Å². The van der Waals surface area contributed by atoms with Gasteiger partial charge < -0.3 is 15.1 Å². The third kappa shape index (κ3) is 3.94. The van der Waals surface area contributed by atoms with Crippen molar-refractivity contribution >= 4 is 23.4 Å². The first-order chi connectivity index (χ1) is 12.6. The number of aromatic nitrogens is 2. The number of rotatable bonds is 6. The average Bonchev–Trinajstić information content (AvgIpc) is 3.26. The molecule has 2 heterocycles. The number of benzene rings is 1. The molecule has 2 aromatic heterocycles. The normalized spacial score (nSPS) is 10.5. The van der Waals surface area contributed by atoms with Gasteiger partial charge in [-0.25, -0.2) is 4.68 Å². The number of hydrogen-bond donors (Lipinski definition) is 2. The summed E-state index contributed by atoms with van der Waals surface area (Å²) in [6.45, 7) is 1.77. The second kappa shape index (κ2) is 7.88. The fraction of sp³-hybridized carbons (Fsp3) is 0.167. The predicted molar refractivity (Wildman–Crippen MR) is 96.2 cm³/mol. The first kappa shape index (κ1) is 17.8. The van der Waals surface area contributed by atoms with Crippen LogP contribution in [0.5, 0.6) is 0 Å². The van der Waals surface area contributed by atoms with E-state index in [4.69, 9.17) is 16.0 Å². The van der Waals surface area contributed by atoms with E-state index in [1.165, 1.54) is 10.9 Å². The van der Waals surface area contributed by atoms with Gasteiger partial charge in [-0.3, -0.25) is 9.59 Å². The highest BCUT2D eigenvalue weighted by Crippen LogP contribution is 2.23. The third-order valence-corrected chi connectivity index (χ3v) is 4.03. The number of carbonyl (C=O) groups is 2. The summed E-state index contributed by atoms with van der Waals surface area (Å²) in [6, 6.07) is 12.7. The van der Waals surface area contributed by atoms with Crippen LogP contribution in [0.1, 0.15) is 21.8 Å². The summed E-state index contributed by atoms with van der Waals surface area (Å²) in [5.74, 6) is -0.158. The van der Waals surface area contributed by atoms with Crippen LogP contribution >= 0.6 is 11.6 Å². The Morgan fingerprint density at radius 2 is 1.92 bits per heavy atom. The van der Waals surface area contributed by atoms with Crippen molar-refractivity contribution in [3.8, 4) is 5.69 Å². The lowest BCUT2D eigenvalue weighted by Gasteiger charge is -2.06. The van der Waals surface area contributed by atoms with Crippen LogP contribution in [-0.4, -0.2) is 28.1 Å². The summed E-state index contributed by atoms with van der Waals surface area (Å²) in [5.41, 5.74) is 1.47. The Bertz CT molecular complexity index is 904. The van der Waals surface area contributed by atoms with Gasteiger partial charge in [-0.1, -0.05) is 29.8 Å². The zero-order chi connectivity index (χ0) is 18.5. The van der Waals surface area contributed by atoms with Crippen LogP contribution in [0.25, 0.3) is 5.69 Å². The Kier molecular flexibility index (Phi) is 5.38. The highest BCUT2D eigenvalue weighted by molar-refractivity contribution is 6.33. The molecule has 0 aliphatic rings. The van der Waals surface area contributed by atoms with Crippen molar-refractivity contribution in [2.24, 2.45) is 0 Å². The maximum absolute atomic E-state index is 12.4. The van der Waals surface area contributed by atoms with Gasteiger partial charge in [-0.15, -0.1) is 0 Å². The minimum Gasteiger partial charge on any atom is -0.467 e. The van der Waals surface area contributed by atoms with E-state index in [2.05, 4.69) is 15.7 Å². The SMILES string of the molecule is Cc1nn(-c2ccccc2)c(Cl)c1C(=O)NCC(=O)NCc1ccco1. The van der Waals surface area contributed by atoms with Crippen LogP contribution in [0.4, 0.5) is 0 Å². The van der Waals surface area contributed by atoms with Crippen molar-refractivity contribution in [3.05, 3.63) is 70.9 Å². The number of furan rings is 1. The number of nitrogens with zero attached hydrogens (tertiary/aromatic N) is 2. The second-order valence-electron chi connectivity index (χ2n) is 5.54. The first-order valence-electron chi connectivity index (χ1n) is 7.94. The molecule has 8 heteroatoms. The lowest BCUT2D eigenvalue weighted by Crippen LogP contribution is -2.36. The molecular weight excluding hydrogens is 356 g/mol. The Labute approximate surface area is 154 Å². The molecule has 3 rings (SSSR count).